The predicted molar refractivity (Wildman–Crippen MR) is 88.9 cm³/mol. The zero-order chi connectivity index (χ0) is 15.0. The highest BCUT2D eigenvalue weighted by Crippen LogP contribution is 2.32. The summed E-state index contributed by atoms with van der Waals surface area (Å²) in [6.45, 7) is 0. The van der Waals surface area contributed by atoms with Crippen LogP contribution in [0.15, 0.2) is 42.5 Å². The van der Waals surface area contributed by atoms with Crippen LogP contribution >= 0.6 is 34.5 Å². The van der Waals surface area contributed by atoms with E-state index in [4.69, 9.17) is 28.9 Å². The summed E-state index contributed by atoms with van der Waals surface area (Å²) in [5.74, 6) is -0.232. The molecule has 2 aromatic carbocycles. The van der Waals surface area contributed by atoms with Crippen LogP contribution < -0.4 is 5.73 Å². The number of thiophene rings is 1. The molecule has 0 radical (unpaired) electrons. The highest BCUT2D eigenvalue weighted by molar-refractivity contribution is 7.19. The highest BCUT2D eigenvalue weighted by atomic mass is 35.5. The Morgan fingerprint density at radius 1 is 1.05 bits per heavy atom. The zero-order valence-electron chi connectivity index (χ0n) is 10.9. The molecule has 1 unspecified atom stereocenters. The lowest BCUT2D eigenvalue weighted by Crippen LogP contribution is -2.11. The van der Waals surface area contributed by atoms with Crippen molar-refractivity contribution in [2.75, 3.05) is 0 Å². The third-order valence-electron chi connectivity index (χ3n) is 3.30. The Kier molecular flexibility index (Phi) is 4.18. The first-order valence-corrected chi connectivity index (χ1v) is 7.98. The van der Waals surface area contributed by atoms with E-state index in [0.717, 1.165) is 20.5 Å². The zero-order valence-corrected chi connectivity index (χ0v) is 13.3. The lowest BCUT2D eigenvalue weighted by Gasteiger charge is -2.10. The Morgan fingerprint density at radius 3 is 2.62 bits per heavy atom. The molecular weight excluding hydrogens is 328 g/mol. The van der Waals surface area contributed by atoms with E-state index in [1.807, 2.05) is 18.2 Å². The van der Waals surface area contributed by atoms with Crippen molar-refractivity contribution in [3.8, 4) is 0 Å². The van der Waals surface area contributed by atoms with Gasteiger partial charge in [0.25, 0.3) is 0 Å². The maximum Gasteiger partial charge on any atom is 0.123 e. The van der Waals surface area contributed by atoms with Gasteiger partial charge in [0.05, 0.1) is 10.0 Å². The molecule has 3 aromatic rings. The highest BCUT2D eigenvalue weighted by Gasteiger charge is 2.12. The molecule has 0 aliphatic carbocycles. The minimum atomic E-state index is -0.232. The SMILES string of the molecule is NC(Cc1ccc(Cl)c(Cl)c1)c1cc2cc(F)ccc2s1. The van der Waals surface area contributed by atoms with Crippen LogP contribution in [0.2, 0.25) is 10.0 Å². The largest absolute Gasteiger partial charge is 0.323 e. The van der Waals surface area contributed by atoms with Gasteiger partial charge in [0.1, 0.15) is 5.82 Å². The molecule has 2 N–H and O–H groups in total. The summed E-state index contributed by atoms with van der Waals surface area (Å²) in [6.07, 6.45) is 0.659. The molecule has 0 spiro atoms. The van der Waals surface area contributed by atoms with Crippen molar-refractivity contribution in [1.82, 2.24) is 0 Å². The second-order valence-corrected chi connectivity index (χ2v) is 6.82. The summed E-state index contributed by atoms with van der Waals surface area (Å²) in [5, 5.41) is 1.95. The van der Waals surface area contributed by atoms with E-state index in [9.17, 15) is 4.39 Å². The molecule has 0 bridgehead atoms. The van der Waals surface area contributed by atoms with Crippen LogP contribution in [0, 0.1) is 5.82 Å². The molecule has 0 amide bonds. The Labute approximate surface area is 136 Å². The van der Waals surface area contributed by atoms with Gasteiger partial charge in [-0.3, -0.25) is 0 Å². The van der Waals surface area contributed by atoms with E-state index in [2.05, 4.69) is 0 Å². The number of hydrogen-bond acceptors (Lipinski definition) is 2. The van der Waals surface area contributed by atoms with E-state index < -0.39 is 0 Å². The Bertz CT molecular complexity index is 800. The summed E-state index contributed by atoms with van der Waals surface area (Å²) < 4.78 is 14.3. The van der Waals surface area contributed by atoms with Crippen molar-refractivity contribution >= 4 is 44.6 Å². The minimum Gasteiger partial charge on any atom is -0.323 e. The van der Waals surface area contributed by atoms with Crippen LogP contribution in [0.4, 0.5) is 4.39 Å². The number of hydrogen-bond donors (Lipinski definition) is 1. The molecule has 0 aliphatic heterocycles. The van der Waals surface area contributed by atoms with Crippen LogP contribution in [-0.2, 0) is 6.42 Å². The molecular formula is C16H12Cl2FNS. The molecule has 1 atom stereocenters. The molecule has 0 fully saturated rings. The van der Waals surface area contributed by atoms with Gasteiger partial charge in [-0.05, 0) is 53.8 Å². The van der Waals surface area contributed by atoms with Gasteiger partial charge in [-0.1, -0.05) is 29.3 Å². The number of fused-ring (bicyclic) bond motifs is 1. The van der Waals surface area contributed by atoms with Crippen molar-refractivity contribution in [1.29, 1.82) is 0 Å². The van der Waals surface area contributed by atoms with Crippen molar-refractivity contribution in [3.63, 3.8) is 0 Å². The van der Waals surface area contributed by atoms with Gasteiger partial charge in [0.2, 0.25) is 0 Å². The van der Waals surface area contributed by atoms with Crippen LogP contribution in [-0.4, -0.2) is 0 Å². The summed E-state index contributed by atoms with van der Waals surface area (Å²) in [5.41, 5.74) is 7.29. The van der Waals surface area contributed by atoms with Crippen molar-refractivity contribution < 1.29 is 4.39 Å². The molecule has 108 valence electrons. The monoisotopic (exact) mass is 339 g/mol. The van der Waals surface area contributed by atoms with Crippen molar-refractivity contribution in [3.05, 3.63) is 68.8 Å². The predicted octanol–water partition coefficient (Wildman–Crippen LogP) is 5.59. The quantitative estimate of drug-likeness (QED) is 0.661. The van der Waals surface area contributed by atoms with Gasteiger partial charge < -0.3 is 5.73 Å². The van der Waals surface area contributed by atoms with Gasteiger partial charge in [-0.25, -0.2) is 4.39 Å². The molecule has 5 heteroatoms. The first-order valence-electron chi connectivity index (χ1n) is 6.41. The molecule has 0 aliphatic rings. The number of benzene rings is 2. The maximum atomic E-state index is 13.2. The van der Waals surface area contributed by atoms with E-state index >= 15 is 0 Å². The van der Waals surface area contributed by atoms with Gasteiger partial charge in [0.15, 0.2) is 0 Å². The fourth-order valence-electron chi connectivity index (χ4n) is 2.24. The third-order valence-corrected chi connectivity index (χ3v) is 5.29. The number of rotatable bonds is 3. The molecule has 1 aromatic heterocycles. The van der Waals surface area contributed by atoms with Crippen LogP contribution in [0.5, 0.6) is 0 Å². The molecule has 3 rings (SSSR count). The second kappa shape index (κ2) is 5.93. The molecule has 0 saturated heterocycles. The van der Waals surface area contributed by atoms with Gasteiger partial charge in [-0.2, -0.15) is 0 Å². The Balaban J connectivity index is 1.85. The summed E-state index contributed by atoms with van der Waals surface area (Å²) >= 11 is 13.5. The lowest BCUT2D eigenvalue weighted by atomic mass is 10.1. The average molecular weight is 340 g/mol. The second-order valence-electron chi connectivity index (χ2n) is 4.89. The van der Waals surface area contributed by atoms with E-state index in [1.54, 1.807) is 23.5 Å². The van der Waals surface area contributed by atoms with Crippen LogP contribution in [0.25, 0.3) is 10.1 Å². The lowest BCUT2D eigenvalue weighted by molar-refractivity contribution is 0.630. The molecule has 21 heavy (non-hydrogen) atoms. The third kappa shape index (κ3) is 3.22. The van der Waals surface area contributed by atoms with E-state index in [-0.39, 0.29) is 11.9 Å². The molecule has 0 saturated carbocycles. The number of halogens is 3. The Morgan fingerprint density at radius 2 is 1.86 bits per heavy atom. The first-order chi connectivity index (χ1) is 10.0. The maximum absolute atomic E-state index is 13.2. The van der Waals surface area contributed by atoms with Gasteiger partial charge >= 0.3 is 0 Å². The first kappa shape index (κ1) is 14.8. The molecule has 1 heterocycles. The average Bonchev–Trinajstić information content (AvgIpc) is 2.86. The summed E-state index contributed by atoms with van der Waals surface area (Å²) in [4.78, 5) is 1.03. The van der Waals surface area contributed by atoms with Gasteiger partial charge in [0, 0.05) is 15.6 Å². The van der Waals surface area contributed by atoms with Crippen molar-refractivity contribution in [2.45, 2.75) is 12.5 Å². The standard InChI is InChI=1S/C16H12Cl2FNS/c17-12-3-1-9(5-13(12)18)6-14(20)16-8-10-7-11(19)2-4-15(10)21-16/h1-5,7-8,14H,6,20H2. The van der Waals surface area contributed by atoms with Crippen LogP contribution in [0.1, 0.15) is 16.5 Å². The number of nitrogens with two attached hydrogens (primary N) is 1. The molecule has 1 nitrogen and oxygen atoms in total. The van der Waals surface area contributed by atoms with Crippen molar-refractivity contribution in [2.24, 2.45) is 5.73 Å². The smallest absolute Gasteiger partial charge is 0.123 e. The topological polar surface area (TPSA) is 26.0 Å². The van der Waals surface area contributed by atoms with E-state index in [1.165, 1.54) is 12.1 Å². The van der Waals surface area contributed by atoms with Gasteiger partial charge in [-0.15, -0.1) is 11.3 Å². The van der Waals surface area contributed by atoms with E-state index in [0.29, 0.717) is 16.5 Å². The summed E-state index contributed by atoms with van der Waals surface area (Å²) in [7, 11) is 0. The Hall–Kier alpha value is -1.13. The normalized spacial score (nSPS) is 12.8. The minimum absolute atomic E-state index is 0.150. The summed E-state index contributed by atoms with van der Waals surface area (Å²) in [6, 6.07) is 12.1. The fourth-order valence-corrected chi connectivity index (χ4v) is 3.61. The fraction of sp³-hybridized carbons (Fsp3) is 0.125. The van der Waals surface area contributed by atoms with Crippen LogP contribution in [0.3, 0.4) is 0 Å².